The summed E-state index contributed by atoms with van der Waals surface area (Å²) in [5.41, 5.74) is 7.56. The van der Waals surface area contributed by atoms with Gasteiger partial charge in [-0.05, 0) is 38.5 Å². The van der Waals surface area contributed by atoms with Crippen LogP contribution in [0, 0.1) is 0 Å². The summed E-state index contributed by atoms with van der Waals surface area (Å²) in [4.78, 5) is 11.8. The molecule has 0 bridgehead atoms. The summed E-state index contributed by atoms with van der Waals surface area (Å²) >= 11 is 0. The first kappa shape index (κ1) is 14.4. The molecule has 1 aromatic carbocycles. The van der Waals surface area contributed by atoms with Gasteiger partial charge in [0, 0.05) is 17.4 Å². The monoisotopic (exact) mass is 250 g/mol. The first-order valence-electron chi connectivity index (χ1n) is 6.41. The molecule has 0 saturated carbocycles. The number of carbonyl (C=O) groups excluding carboxylic acids is 1. The van der Waals surface area contributed by atoms with Crippen molar-refractivity contribution in [2.45, 2.75) is 39.7 Å². The summed E-state index contributed by atoms with van der Waals surface area (Å²) in [5, 5.41) is 3.32. The topological polar surface area (TPSA) is 64.3 Å². The Morgan fingerprint density at radius 2 is 2.17 bits per heavy atom. The van der Waals surface area contributed by atoms with Crippen molar-refractivity contribution >= 4 is 17.3 Å². The van der Waals surface area contributed by atoms with Crippen LogP contribution < -0.4 is 11.1 Å². The largest absolute Gasteiger partial charge is 0.462 e. The van der Waals surface area contributed by atoms with Crippen LogP contribution in [0.15, 0.2) is 18.2 Å². The zero-order chi connectivity index (χ0) is 13.5. The highest BCUT2D eigenvalue weighted by atomic mass is 16.5. The van der Waals surface area contributed by atoms with Crippen LogP contribution in [0.3, 0.4) is 0 Å². The molecule has 100 valence electrons. The van der Waals surface area contributed by atoms with E-state index in [0.717, 1.165) is 18.5 Å². The number of nitrogens with two attached hydrogens (primary N) is 1. The van der Waals surface area contributed by atoms with Crippen LogP contribution in [0.1, 0.15) is 44.0 Å². The molecule has 0 aromatic heterocycles. The Hall–Kier alpha value is -1.71. The van der Waals surface area contributed by atoms with Gasteiger partial charge in [-0.1, -0.05) is 13.3 Å². The van der Waals surface area contributed by atoms with Crippen molar-refractivity contribution in [1.29, 1.82) is 0 Å². The van der Waals surface area contributed by atoms with Crippen LogP contribution >= 0.6 is 0 Å². The molecule has 0 aliphatic heterocycles. The molecule has 18 heavy (non-hydrogen) atoms. The van der Waals surface area contributed by atoms with Crippen LogP contribution in [0.25, 0.3) is 0 Å². The quantitative estimate of drug-likeness (QED) is 0.601. The van der Waals surface area contributed by atoms with E-state index in [1.165, 1.54) is 0 Å². The molecule has 1 atom stereocenters. The molecule has 1 aromatic rings. The fourth-order valence-electron chi connectivity index (χ4n) is 1.84. The Balaban J connectivity index is 2.92. The smallest absolute Gasteiger partial charge is 0.340 e. The normalized spacial score (nSPS) is 11.9. The molecule has 0 aliphatic rings. The highest BCUT2D eigenvalue weighted by molar-refractivity contribution is 5.96. The molecule has 0 aliphatic carbocycles. The first-order chi connectivity index (χ1) is 8.58. The summed E-state index contributed by atoms with van der Waals surface area (Å²) in [5.74, 6) is -0.337. The van der Waals surface area contributed by atoms with E-state index in [9.17, 15) is 4.79 Å². The number of hydrogen-bond donors (Lipinski definition) is 2. The Bertz CT molecular complexity index is 405. The third kappa shape index (κ3) is 3.95. The molecular formula is C14H22N2O2. The predicted molar refractivity (Wildman–Crippen MR) is 74.8 cm³/mol. The van der Waals surface area contributed by atoms with Gasteiger partial charge in [-0.2, -0.15) is 0 Å². The molecule has 4 nitrogen and oxygen atoms in total. The summed E-state index contributed by atoms with van der Waals surface area (Å²) in [6.07, 6.45) is 2.14. The van der Waals surface area contributed by atoms with E-state index in [-0.39, 0.29) is 5.97 Å². The standard InChI is InChI=1S/C14H22N2O2/c1-4-6-10(3)16-13-8-7-11(15)9-12(13)14(17)18-5-2/h7-10,16H,4-6,15H2,1-3H3/t10-/m1/s1. The molecule has 1 rings (SSSR count). The summed E-state index contributed by atoms with van der Waals surface area (Å²) in [6.45, 7) is 6.37. The van der Waals surface area contributed by atoms with Gasteiger partial charge in [0.05, 0.1) is 12.2 Å². The number of anilines is 2. The maximum atomic E-state index is 11.8. The lowest BCUT2D eigenvalue weighted by molar-refractivity contribution is 0.0527. The maximum Gasteiger partial charge on any atom is 0.340 e. The van der Waals surface area contributed by atoms with Gasteiger partial charge >= 0.3 is 5.97 Å². The maximum absolute atomic E-state index is 11.8. The third-order valence-electron chi connectivity index (χ3n) is 2.66. The number of esters is 1. The SMILES string of the molecule is CCC[C@@H](C)Nc1ccc(N)cc1C(=O)OCC. The number of nitrogen functional groups attached to an aromatic ring is 1. The number of hydrogen-bond acceptors (Lipinski definition) is 4. The van der Waals surface area contributed by atoms with Gasteiger partial charge in [-0.15, -0.1) is 0 Å². The molecule has 3 N–H and O–H groups in total. The molecule has 0 unspecified atom stereocenters. The van der Waals surface area contributed by atoms with Crippen molar-refractivity contribution in [3.63, 3.8) is 0 Å². The van der Waals surface area contributed by atoms with Gasteiger partial charge in [0.2, 0.25) is 0 Å². The van der Waals surface area contributed by atoms with Crippen LogP contribution in [-0.2, 0) is 4.74 Å². The van der Waals surface area contributed by atoms with Crippen molar-refractivity contribution in [3.8, 4) is 0 Å². The number of rotatable bonds is 6. The van der Waals surface area contributed by atoms with Crippen molar-refractivity contribution in [2.75, 3.05) is 17.7 Å². The number of carbonyl (C=O) groups is 1. The van der Waals surface area contributed by atoms with E-state index < -0.39 is 0 Å². The molecule has 0 radical (unpaired) electrons. The molecular weight excluding hydrogens is 228 g/mol. The average Bonchev–Trinajstić information content (AvgIpc) is 2.32. The van der Waals surface area contributed by atoms with Crippen LogP contribution in [-0.4, -0.2) is 18.6 Å². The number of ether oxygens (including phenoxy) is 1. The summed E-state index contributed by atoms with van der Waals surface area (Å²) in [7, 11) is 0. The second kappa shape index (κ2) is 6.89. The van der Waals surface area contributed by atoms with Gasteiger partial charge < -0.3 is 15.8 Å². The van der Waals surface area contributed by atoms with E-state index in [0.29, 0.717) is 23.9 Å². The van der Waals surface area contributed by atoms with Crippen molar-refractivity contribution < 1.29 is 9.53 Å². The van der Waals surface area contributed by atoms with Crippen molar-refractivity contribution in [3.05, 3.63) is 23.8 Å². The zero-order valence-electron chi connectivity index (χ0n) is 11.3. The van der Waals surface area contributed by atoms with E-state index >= 15 is 0 Å². The summed E-state index contributed by atoms with van der Waals surface area (Å²) < 4.78 is 5.03. The Morgan fingerprint density at radius 3 is 2.78 bits per heavy atom. The fraction of sp³-hybridized carbons (Fsp3) is 0.500. The lowest BCUT2D eigenvalue weighted by atomic mass is 10.1. The Morgan fingerprint density at radius 1 is 1.44 bits per heavy atom. The van der Waals surface area contributed by atoms with Crippen LogP contribution in [0.5, 0.6) is 0 Å². The number of nitrogens with one attached hydrogen (secondary N) is 1. The minimum atomic E-state index is -0.337. The second-order valence-electron chi connectivity index (χ2n) is 4.36. The molecule has 0 fully saturated rings. The van der Waals surface area contributed by atoms with Gasteiger partial charge in [0.1, 0.15) is 0 Å². The molecule has 0 saturated heterocycles. The van der Waals surface area contributed by atoms with Gasteiger partial charge in [-0.3, -0.25) is 0 Å². The average molecular weight is 250 g/mol. The lowest BCUT2D eigenvalue weighted by Crippen LogP contribution is -2.18. The minimum Gasteiger partial charge on any atom is -0.462 e. The van der Waals surface area contributed by atoms with Crippen molar-refractivity contribution in [2.24, 2.45) is 0 Å². The molecule has 4 heteroatoms. The number of benzene rings is 1. The van der Waals surface area contributed by atoms with E-state index in [4.69, 9.17) is 10.5 Å². The molecule has 0 heterocycles. The molecule has 0 spiro atoms. The van der Waals surface area contributed by atoms with Crippen LogP contribution in [0.2, 0.25) is 0 Å². The first-order valence-corrected chi connectivity index (χ1v) is 6.41. The Labute approximate surface area is 109 Å². The van der Waals surface area contributed by atoms with Gasteiger partial charge in [0.15, 0.2) is 0 Å². The Kier molecular flexibility index (Phi) is 5.49. The highest BCUT2D eigenvalue weighted by Gasteiger charge is 2.14. The van der Waals surface area contributed by atoms with E-state index in [2.05, 4.69) is 19.2 Å². The molecule has 0 amide bonds. The van der Waals surface area contributed by atoms with E-state index in [1.807, 2.05) is 6.07 Å². The van der Waals surface area contributed by atoms with Crippen LogP contribution in [0.4, 0.5) is 11.4 Å². The minimum absolute atomic E-state index is 0.312. The zero-order valence-corrected chi connectivity index (χ0v) is 11.3. The van der Waals surface area contributed by atoms with E-state index in [1.54, 1.807) is 19.1 Å². The predicted octanol–water partition coefficient (Wildman–Crippen LogP) is 3.05. The fourth-order valence-corrected chi connectivity index (χ4v) is 1.84. The van der Waals surface area contributed by atoms with Crippen molar-refractivity contribution in [1.82, 2.24) is 0 Å². The van der Waals surface area contributed by atoms with Gasteiger partial charge in [-0.25, -0.2) is 4.79 Å². The summed E-state index contributed by atoms with van der Waals surface area (Å²) in [6, 6.07) is 5.57. The third-order valence-corrected chi connectivity index (χ3v) is 2.66. The lowest BCUT2D eigenvalue weighted by Gasteiger charge is -2.17. The second-order valence-corrected chi connectivity index (χ2v) is 4.36. The van der Waals surface area contributed by atoms with Gasteiger partial charge in [0.25, 0.3) is 0 Å². The highest BCUT2D eigenvalue weighted by Crippen LogP contribution is 2.21.